The van der Waals surface area contributed by atoms with Crippen LogP contribution in [0.4, 0.5) is 0 Å². The van der Waals surface area contributed by atoms with Crippen LogP contribution in [0.2, 0.25) is 8.87 Å². The number of carbonyl (C=O) groups is 2. The first-order chi connectivity index (χ1) is 18.0. The Hall–Kier alpha value is -0.261. The summed E-state index contributed by atoms with van der Waals surface area (Å²) in [7, 11) is 0. The fourth-order valence-electron chi connectivity index (χ4n) is 5.99. The zero-order valence-corrected chi connectivity index (χ0v) is 31.2. The molecule has 0 aromatic rings. The Kier molecular flexibility index (Phi) is 18.9. The molecule has 4 nitrogen and oxygen atoms in total. The standard InChI is InChI=1S/2C9H19.2C8H16O2.Sn/c2*1-6-8(2)7-9(3,4)5;2*1-3-5-6-7(4-2)8(9)10;/h2*8H,1,6-7H2,2-5H3;2*7H,3-6H2,1-2H3,(H,9,10);/q;;;;+2/p-2. The van der Waals surface area contributed by atoms with E-state index in [1.165, 1.54) is 0 Å². The van der Waals surface area contributed by atoms with Gasteiger partial charge in [0, 0.05) is 0 Å². The first-order valence-corrected chi connectivity index (χ1v) is 22.8. The van der Waals surface area contributed by atoms with Gasteiger partial charge in [0.25, 0.3) is 0 Å². The van der Waals surface area contributed by atoms with E-state index in [9.17, 15) is 9.59 Å². The van der Waals surface area contributed by atoms with Gasteiger partial charge in [-0.3, -0.25) is 0 Å². The molecular formula is C34H68O4Sn. The third-order valence-electron chi connectivity index (χ3n) is 8.00. The van der Waals surface area contributed by atoms with E-state index in [1.54, 1.807) is 0 Å². The van der Waals surface area contributed by atoms with Crippen molar-refractivity contribution in [3.05, 3.63) is 0 Å². The van der Waals surface area contributed by atoms with E-state index in [-0.39, 0.29) is 34.6 Å². The SMILES string of the molecule is CCCCC(CC)C(=O)[O][Sn]([CH2]CC(C)CC(C)(C)C)([CH2]CC(C)CC(C)(C)C)[O]C(=O)C(CC)CCCC. The number of hydrogen-bond acceptors (Lipinski definition) is 4. The van der Waals surface area contributed by atoms with Gasteiger partial charge in [-0.15, -0.1) is 0 Å². The molecule has 4 unspecified atom stereocenters. The van der Waals surface area contributed by atoms with Gasteiger partial charge in [0.2, 0.25) is 0 Å². The molecule has 0 saturated heterocycles. The molecule has 0 amide bonds. The average Bonchev–Trinajstić information content (AvgIpc) is 2.80. The van der Waals surface area contributed by atoms with Crippen LogP contribution in [-0.4, -0.2) is 31.1 Å². The van der Waals surface area contributed by atoms with Gasteiger partial charge < -0.3 is 0 Å². The van der Waals surface area contributed by atoms with Gasteiger partial charge >= 0.3 is 250 Å². The average molecular weight is 660 g/mol. The zero-order chi connectivity index (χ0) is 30.3. The first kappa shape index (κ1) is 38.7. The summed E-state index contributed by atoms with van der Waals surface area (Å²) in [5.74, 6) is 0.608. The maximum absolute atomic E-state index is 13.7. The molecule has 232 valence electrons. The molecule has 0 heterocycles. The molecule has 0 aliphatic carbocycles. The molecular weight excluding hydrogens is 591 g/mol. The van der Waals surface area contributed by atoms with Crippen LogP contribution < -0.4 is 0 Å². The van der Waals surface area contributed by atoms with Gasteiger partial charge in [0.1, 0.15) is 0 Å². The van der Waals surface area contributed by atoms with E-state index in [2.05, 4.69) is 83.1 Å². The Morgan fingerprint density at radius 3 is 1.21 bits per heavy atom. The fraction of sp³-hybridized carbons (Fsp3) is 0.941. The second-order valence-corrected chi connectivity index (χ2v) is 24.3. The summed E-state index contributed by atoms with van der Waals surface area (Å²) in [6.07, 6.45) is 11.6. The van der Waals surface area contributed by atoms with E-state index in [1.807, 2.05) is 0 Å². The van der Waals surface area contributed by atoms with Crippen LogP contribution in [0.1, 0.15) is 160 Å². The van der Waals surface area contributed by atoms with Crippen molar-refractivity contribution < 1.29 is 15.7 Å². The van der Waals surface area contributed by atoms with Crippen LogP contribution in [-0.2, 0) is 15.7 Å². The van der Waals surface area contributed by atoms with E-state index in [0.29, 0.717) is 11.8 Å². The third-order valence-corrected chi connectivity index (χ3v) is 17.3. The minimum absolute atomic E-state index is 0.0943. The van der Waals surface area contributed by atoms with E-state index >= 15 is 0 Å². The molecule has 0 aromatic carbocycles. The molecule has 0 aromatic heterocycles. The summed E-state index contributed by atoms with van der Waals surface area (Å²) in [6, 6.07) is 0. The summed E-state index contributed by atoms with van der Waals surface area (Å²) < 4.78 is 14.8. The van der Waals surface area contributed by atoms with Crippen molar-refractivity contribution in [2.75, 3.05) is 0 Å². The van der Waals surface area contributed by atoms with Crippen molar-refractivity contribution in [2.45, 2.75) is 169 Å². The summed E-state index contributed by atoms with van der Waals surface area (Å²) in [5, 5.41) is 0. The number of unbranched alkanes of at least 4 members (excludes halogenated alkanes) is 2. The van der Waals surface area contributed by atoms with Gasteiger partial charge in [-0.05, 0) is 0 Å². The van der Waals surface area contributed by atoms with Crippen LogP contribution in [0, 0.1) is 34.5 Å². The minimum atomic E-state index is -4.13. The Bertz CT molecular complexity index is 618. The first-order valence-electron chi connectivity index (χ1n) is 16.5. The molecule has 4 atom stereocenters. The molecule has 39 heavy (non-hydrogen) atoms. The summed E-state index contributed by atoms with van der Waals surface area (Å²) in [5.41, 5.74) is 0.486. The predicted octanol–water partition coefficient (Wildman–Crippen LogP) is 10.9. The van der Waals surface area contributed by atoms with Crippen LogP contribution >= 0.6 is 0 Å². The fourth-order valence-corrected chi connectivity index (χ4v) is 16.4. The number of carbonyl (C=O) groups excluding carboxylic acids is 2. The van der Waals surface area contributed by atoms with Crippen molar-refractivity contribution in [3.8, 4) is 0 Å². The second kappa shape index (κ2) is 19.0. The molecule has 0 aliphatic rings. The molecule has 0 fully saturated rings. The Morgan fingerprint density at radius 2 is 0.949 bits per heavy atom. The van der Waals surface area contributed by atoms with Gasteiger partial charge in [-0.25, -0.2) is 0 Å². The van der Waals surface area contributed by atoms with Crippen LogP contribution in [0.3, 0.4) is 0 Å². The van der Waals surface area contributed by atoms with Crippen LogP contribution in [0.15, 0.2) is 0 Å². The molecule has 0 saturated carbocycles. The van der Waals surface area contributed by atoms with Gasteiger partial charge in [-0.1, -0.05) is 0 Å². The molecule has 0 aliphatic heterocycles. The predicted molar refractivity (Wildman–Crippen MR) is 170 cm³/mol. The zero-order valence-electron chi connectivity index (χ0n) is 28.3. The van der Waals surface area contributed by atoms with Crippen molar-refractivity contribution in [3.63, 3.8) is 0 Å². The monoisotopic (exact) mass is 660 g/mol. The summed E-state index contributed by atoms with van der Waals surface area (Å²) in [4.78, 5) is 27.3. The maximum atomic E-state index is 13.7. The normalized spacial score (nSPS) is 17.1. The Morgan fingerprint density at radius 1 is 0.615 bits per heavy atom. The molecule has 0 radical (unpaired) electrons. The van der Waals surface area contributed by atoms with Crippen molar-refractivity contribution in [2.24, 2.45) is 34.5 Å². The Labute approximate surface area is 249 Å². The van der Waals surface area contributed by atoms with Gasteiger partial charge in [0.15, 0.2) is 0 Å². The van der Waals surface area contributed by atoms with E-state index in [0.717, 1.165) is 85.9 Å². The molecule has 0 N–H and O–H groups in total. The van der Waals surface area contributed by atoms with Crippen LogP contribution in [0.5, 0.6) is 0 Å². The second-order valence-electron chi connectivity index (χ2n) is 15.1. The van der Waals surface area contributed by atoms with E-state index in [4.69, 9.17) is 6.15 Å². The Balaban J connectivity index is 6.26. The molecule has 0 spiro atoms. The van der Waals surface area contributed by atoms with Gasteiger partial charge in [0.05, 0.1) is 0 Å². The van der Waals surface area contributed by atoms with Gasteiger partial charge in [-0.2, -0.15) is 0 Å². The molecule has 5 heteroatoms. The van der Waals surface area contributed by atoms with Crippen molar-refractivity contribution in [1.82, 2.24) is 0 Å². The van der Waals surface area contributed by atoms with E-state index < -0.39 is 19.2 Å². The van der Waals surface area contributed by atoms with Crippen molar-refractivity contribution >= 4 is 31.1 Å². The van der Waals surface area contributed by atoms with Crippen LogP contribution in [0.25, 0.3) is 0 Å². The summed E-state index contributed by atoms with van der Waals surface area (Å²) >= 11 is -4.13. The topological polar surface area (TPSA) is 52.6 Å². The molecule has 0 bridgehead atoms. The molecule has 0 rings (SSSR count). The number of hydrogen-bond donors (Lipinski definition) is 0. The quantitative estimate of drug-likeness (QED) is 0.122. The third kappa shape index (κ3) is 18.0. The summed E-state index contributed by atoms with van der Waals surface area (Å²) in [6.45, 7) is 26.8. The number of rotatable bonds is 20. The van der Waals surface area contributed by atoms with Crippen molar-refractivity contribution in [1.29, 1.82) is 0 Å².